The van der Waals surface area contributed by atoms with Gasteiger partial charge < -0.3 is 4.57 Å². The lowest BCUT2D eigenvalue weighted by Crippen LogP contribution is -2.16. The van der Waals surface area contributed by atoms with Gasteiger partial charge in [0.25, 0.3) is 5.56 Å². The molecule has 8 heteroatoms. The number of rotatable bonds is 3. The van der Waals surface area contributed by atoms with E-state index >= 15 is 0 Å². The van der Waals surface area contributed by atoms with E-state index in [1.54, 1.807) is 37.5 Å². The Morgan fingerprint density at radius 1 is 1.07 bits per heavy atom. The average molecular weight is 445 g/mol. The molecule has 0 saturated carbocycles. The van der Waals surface area contributed by atoms with Gasteiger partial charge in [0.2, 0.25) is 0 Å². The first-order chi connectivity index (χ1) is 14.1. The van der Waals surface area contributed by atoms with Gasteiger partial charge in [0, 0.05) is 42.3 Å². The van der Waals surface area contributed by atoms with Gasteiger partial charge in [-0.05, 0) is 41.0 Å². The summed E-state index contributed by atoms with van der Waals surface area (Å²) in [6.07, 6.45) is 2.91. The zero-order chi connectivity index (χ0) is 21.6. The van der Waals surface area contributed by atoms with Crippen molar-refractivity contribution >= 4 is 27.1 Å². The predicted octanol–water partition coefficient (Wildman–Crippen LogP) is 3.74. The van der Waals surface area contributed by atoms with Crippen LogP contribution < -0.4 is 5.56 Å². The summed E-state index contributed by atoms with van der Waals surface area (Å²) in [4.78, 5) is 16.9. The number of halogens is 2. The Bertz CT molecular complexity index is 1380. The van der Waals surface area contributed by atoms with Crippen LogP contribution in [-0.2, 0) is 29.2 Å². The quantitative estimate of drug-likeness (QED) is 0.618. The highest BCUT2D eigenvalue weighted by atomic mass is 35.5. The third-order valence-corrected chi connectivity index (χ3v) is 6.14. The molecule has 2 aromatic carbocycles. The third-order valence-electron chi connectivity index (χ3n) is 4.97. The van der Waals surface area contributed by atoms with Crippen molar-refractivity contribution in [1.82, 2.24) is 4.57 Å². The molecule has 0 saturated heterocycles. The van der Waals surface area contributed by atoms with Crippen molar-refractivity contribution in [2.75, 3.05) is 6.26 Å². The van der Waals surface area contributed by atoms with Crippen LogP contribution in [0.4, 0.5) is 4.39 Å². The molecule has 1 aliphatic rings. The SMILES string of the molecule is Cn1cc2c(cc1=O)CN=C(c1ccc(F)cc1Cl)c1ccc(CS(C)(=O)=O)cc1-2. The Morgan fingerprint density at radius 2 is 1.80 bits per heavy atom. The van der Waals surface area contributed by atoms with Gasteiger partial charge in [-0.1, -0.05) is 23.7 Å². The standard InChI is InChI=1S/C22H18ClFN2O3S/c1-26-11-19-14(8-21(26)27)10-25-22(17-6-4-15(24)9-20(17)23)16-5-3-13(7-18(16)19)12-30(2,28)29/h3-9,11H,10,12H2,1-2H3. The molecule has 0 atom stereocenters. The molecule has 30 heavy (non-hydrogen) atoms. The number of aliphatic imine (C=N–C) groups is 1. The minimum Gasteiger partial charge on any atom is -0.318 e. The lowest BCUT2D eigenvalue weighted by molar-refractivity contribution is 0.601. The second kappa shape index (κ2) is 7.49. The second-order valence-corrected chi connectivity index (χ2v) is 9.95. The number of hydrogen-bond acceptors (Lipinski definition) is 4. The first kappa shape index (κ1) is 20.5. The second-order valence-electron chi connectivity index (χ2n) is 7.40. The van der Waals surface area contributed by atoms with Crippen molar-refractivity contribution in [1.29, 1.82) is 0 Å². The first-order valence-electron chi connectivity index (χ1n) is 9.13. The Hall–Kier alpha value is -2.77. The van der Waals surface area contributed by atoms with E-state index in [2.05, 4.69) is 4.99 Å². The highest BCUT2D eigenvalue weighted by Crippen LogP contribution is 2.34. The van der Waals surface area contributed by atoms with Gasteiger partial charge in [-0.2, -0.15) is 0 Å². The lowest BCUT2D eigenvalue weighted by atomic mass is 9.92. The van der Waals surface area contributed by atoms with Gasteiger partial charge in [-0.3, -0.25) is 9.79 Å². The monoisotopic (exact) mass is 444 g/mol. The molecular formula is C22H18ClFN2O3S. The van der Waals surface area contributed by atoms with Crippen molar-refractivity contribution in [2.24, 2.45) is 12.0 Å². The normalized spacial score (nSPS) is 13.3. The van der Waals surface area contributed by atoms with Crippen LogP contribution in [0.1, 0.15) is 22.3 Å². The summed E-state index contributed by atoms with van der Waals surface area (Å²) in [7, 11) is -1.57. The molecule has 0 bridgehead atoms. The van der Waals surface area contributed by atoms with E-state index in [1.165, 1.54) is 29.0 Å². The zero-order valence-corrected chi connectivity index (χ0v) is 17.9. The van der Waals surface area contributed by atoms with Crippen molar-refractivity contribution in [3.05, 3.63) is 92.1 Å². The molecule has 4 rings (SSSR count). The maximum absolute atomic E-state index is 13.6. The molecule has 2 heterocycles. The van der Waals surface area contributed by atoms with E-state index in [9.17, 15) is 17.6 Å². The highest BCUT2D eigenvalue weighted by Gasteiger charge is 2.22. The number of fused-ring (bicyclic) bond motifs is 3. The van der Waals surface area contributed by atoms with Crippen molar-refractivity contribution in [3.8, 4) is 11.1 Å². The summed E-state index contributed by atoms with van der Waals surface area (Å²) in [5, 5.41) is 0.223. The van der Waals surface area contributed by atoms with Crippen molar-refractivity contribution < 1.29 is 12.8 Å². The molecule has 154 valence electrons. The Kier molecular flexibility index (Phi) is 5.11. The zero-order valence-electron chi connectivity index (χ0n) is 16.3. The molecule has 3 aromatic rings. The number of pyridine rings is 1. The molecule has 0 aliphatic carbocycles. The van der Waals surface area contributed by atoms with Gasteiger partial charge in [-0.15, -0.1) is 0 Å². The molecular weight excluding hydrogens is 427 g/mol. The predicted molar refractivity (Wildman–Crippen MR) is 116 cm³/mol. The molecule has 0 spiro atoms. The fourth-order valence-corrected chi connectivity index (χ4v) is 4.66. The van der Waals surface area contributed by atoms with Crippen LogP contribution in [0.25, 0.3) is 11.1 Å². The lowest BCUT2D eigenvalue weighted by Gasteiger charge is -2.15. The van der Waals surface area contributed by atoms with Crippen LogP contribution in [-0.4, -0.2) is 25.0 Å². The van der Waals surface area contributed by atoms with E-state index in [1.807, 2.05) is 0 Å². The molecule has 0 amide bonds. The molecule has 0 N–H and O–H groups in total. The third kappa shape index (κ3) is 3.95. The fraction of sp³-hybridized carbons (Fsp3) is 0.182. The van der Waals surface area contributed by atoms with E-state index < -0.39 is 15.7 Å². The molecule has 1 aromatic heterocycles. The molecule has 5 nitrogen and oxygen atoms in total. The first-order valence-corrected chi connectivity index (χ1v) is 11.6. The van der Waals surface area contributed by atoms with E-state index in [0.29, 0.717) is 16.8 Å². The van der Waals surface area contributed by atoms with Crippen LogP contribution in [0.2, 0.25) is 5.02 Å². The van der Waals surface area contributed by atoms with E-state index in [4.69, 9.17) is 11.6 Å². The fourth-order valence-electron chi connectivity index (χ4n) is 3.62. The van der Waals surface area contributed by atoms with Gasteiger partial charge in [0.05, 0.1) is 23.0 Å². The van der Waals surface area contributed by atoms with Crippen LogP contribution >= 0.6 is 11.6 Å². The van der Waals surface area contributed by atoms with Crippen LogP contribution in [0, 0.1) is 5.82 Å². The Morgan fingerprint density at radius 3 is 2.50 bits per heavy atom. The van der Waals surface area contributed by atoms with Crippen molar-refractivity contribution in [2.45, 2.75) is 12.3 Å². The highest BCUT2D eigenvalue weighted by molar-refractivity contribution is 7.89. The summed E-state index contributed by atoms with van der Waals surface area (Å²) in [6, 6.07) is 11.0. The minimum atomic E-state index is -3.23. The summed E-state index contributed by atoms with van der Waals surface area (Å²) >= 11 is 6.31. The van der Waals surface area contributed by atoms with Crippen LogP contribution in [0.5, 0.6) is 0 Å². The van der Waals surface area contributed by atoms with Gasteiger partial charge in [0.15, 0.2) is 9.84 Å². The van der Waals surface area contributed by atoms with Crippen LogP contribution in [0.3, 0.4) is 0 Å². The number of sulfone groups is 1. The largest absolute Gasteiger partial charge is 0.318 e. The van der Waals surface area contributed by atoms with Crippen LogP contribution in [0.15, 0.2) is 58.4 Å². The van der Waals surface area contributed by atoms with Crippen molar-refractivity contribution in [3.63, 3.8) is 0 Å². The Labute approximate surface area is 178 Å². The smallest absolute Gasteiger partial charge is 0.250 e. The topological polar surface area (TPSA) is 68.5 Å². The summed E-state index contributed by atoms with van der Waals surface area (Å²) in [6.45, 7) is 0.241. The summed E-state index contributed by atoms with van der Waals surface area (Å²) in [5.74, 6) is -0.557. The average Bonchev–Trinajstić information content (AvgIpc) is 2.78. The van der Waals surface area contributed by atoms with E-state index in [-0.39, 0.29) is 22.9 Å². The van der Waals surface area contributed by atoms with Gasteiger partial charge in [-0.25, -0.2) is 12.8 Å². The number of hydrogen-bond donors (Lipinski definition) is 0. The molecule has 0 fully saturated rings. The minimum absolute atomic E-state index is 0.106. The maximum Gasteiger partial charge on any atom is 0.250 e. The summed E-state index contributed by atoms with van der Waals surface area (Å²) < 4.78 is 38.7. The Balaban J connectivity index is 2.00. The van der Waals surface area contributed by atoms with E-state index in [0.717, 1.165) is 22.3 Å². The molecule has 0 unspecified atom stereocenters. The number of aromatic nitrogens is 1. The molecule has 1 aliphatic heterocycles. The molecule has 0 radical (unpaired) electrons. The maximum atomic E-state index is 13.6. The van der Waals surface area contributed by atoms with Gasteiger partial charge >= 0.3 is 0 Å². The van der Waals surface area contributed by atoms with Gasteiger partial charge in [0.1, 0.15) is 5.82 Å². The summed E-state index contributed by atoms with van der Waals surface area (Å²) in [5.41, 5.74) is 4.59. The number of aryl methyl sites for hydroxylation is 1. The number of benzene rings is 2. The number of nitrogens with zero attached hydrogens (tertiary/aromatic N) is 2.